The first-order chi connectivity index (χ1) is 11.8. The first-order valence-corrected chi connectivity index (χ1v) is 9.43. The average Bonchev–Trinajstić information content (AvgIpc) is 2.89. The molecule has 0 aliphatic carbocycles. The Labute approximate surface area is 146 Å². The van der Waals surface area contributed by atoms with Gasteiger partial charge in [0.2, 0.25) is 5.91 Å². The molecule has 0 saturated carbocycles. The quantitative estimate of drug-likeness (QED) is 0.764. The van der Waals surface area contributed by atoms with Gasteiger partial charge in [-0.15, -0.1) is 3.89 Å². The van der Waals surface area contributed by atoms with Crippen molar-refractivity contribution in [3.63, 3.8) is 0 Å². The zero-order valence-electron chi connectivity index (χ0n) is 13.7. The Balaban J connectivity index is 1.70. The van der Waals surface area contributed by atoms with Gasteiger partial charge in [0.1, 0.15) is 11.5 Å². The predicted molar refractivity (Wildman–Crippen MR) is 93.0 cm³/mol. The Morgan fingerprint density at radius 1 is 1.16 bits per heavy atom. The van der Waals surface area contributed by atoms with Crippen molar-refractivity contribution >= 4 is 21.8 Å². The van der Waals surface area contributed by atoms with Crippen LogP contribution in [0.3, 0.4) is 0 Å². The highest BCUT2D eigenvalue weighted by molar-refractivity contribution is 7.86. The molecule has 2 aromatic carbocycles. The summed E-state index contributed by atoms with van der Waals surface area (Å²) in [5.74, 6) is 0.0314. The molecule has 0 aromatic heterocycles. The number of para-hydroxylation sites is 1. The number of rotatable bonds is 5. The Bertz CT molecular complexity index is 880. The van der Waals surface area contributed by atoms with E-state index >= 15 is 0 Å². The van der Waals surface area contributed by atoms with Gasteiger partial charge in [-0.05, 0) is 42.8 Å². The minimum atomic E-state index is -4.58. The van der Waals surface area contributed by atoms with Crippen LogP contribution in [0.1, 0.15) is 12.0 Å². The summed E-state index contributed by atoms with van der Waals surface area (Å²) in [6.07, 6.45) is 0.0324. The maximum Gasteiger partial charge on any atom is 0.302 e. The Hall–Kier alpha value is -2.41. The molecule has 132 valence electrons. The summed E-state index contributed by atoms with van der Waals surface area (Å²) in [5, 5.41) is 0. The predicted octanol–water partition coefficient (Wildman–Crippen LogP) is 3.44. The summed E-state index contributed by atoms with van der Waals surface area (Å²) in [7, 11) is -4.58. The standard InChI is InChI=1S/C18H18FNO4S/c1-13-4-2-3-5-17(13)24-16-8-6-15(7-9-16)20-11-14(10-18(20)21)12-25(19,22)23/h2-9,14H,10-12H2,1H3. The van der Waals surface area contributed by atoms with Crippen LogP contribution < -0.4 is 9.64 Å². The van der Waals surface area contributed by atoms with Gasteiger partial charge in [0.15, 0.2) is 0 Å². The van der Waals surface area contributed by atoms with Gasteiger partial charge in [0.05, 0.1) is 5.75 Å². The second kappa shape index (κ2) is 6.84. The topological polar surface area (TPSA) is 63.7 Å². The number of hydrogen-bond acceptors (Lipinski definition) is 4. The Morgan fingerprint density at radius 3 is 2.48 bits per heavy atom. The van der Waals surface area contributed by atoms with E-state index in [1.807, 2.05) is 31.2 Å². The van der Waals surface area contributed by atoms with Crippen LogP contribution in [0.25, 0.3) is 0 Å². The van der Waals surface area contributed by atoms with Crippen molar-refractivity contribution in [1.29, 1.82) is 0 Å². The van der Waals surface area contributed by atoms with E-state index in [4.69, 9.17) is 4.74 Å². The van der Waals surface area contributed by atoms with Gasteiger partial charge in [-0.3, -0.25) is 4.79 Å². The van der Waals surface area contributed by atoms with Gasteiger partial charge in [-0.25, -0.2) is 0 Å². The van der Waals surface area contributed by atoms with Crippen LogP contribution in [0.4, 0.5) is 9.57 Å². The summed E-state index contributed by atoms with van der Waals surface area (Å²) in [4.78, 5) is 13.5. The van der Waals surface area contributed by atoms with Gasteiger partial charge in [0.25, 0.3) is 0 Å². The minimum absolute atomic E-state index is 0.0324. The molecule has 1 fully saturated rings. The Kier molecular flexibility index (Phi) is 4.76. The number of carbonyl (C=O) groups excluding carboxylic acids is 1. The highest BCUT2D eigenvalue weighted by atomic mass is 32.3. The molecule has 3 rings (SSSR count). The summed E-state index contributed by atoms with van der Waals surface area (Å²) in [5.41, 5.74) is 1.65. The van der Waals surface area contributed by atoms with Crippen molar-refractivity contribution in [3.05, 3.63) is 54.1 Å². The molecule has 1 heterocycles. The molecule has 7 heteroatoms. The molecule has 0 radical (unpaired) electrons. The van der Waals surface area contributed by atoms with E-state index in [1.165, 1.54) is 4.90 Å². The largest absolute Gasteiger partial charge is 0.457 e. The normalized spacial score (nSPS) is 17.8. The monoisotopic (exact) mass is 363 g/mol. The zero-order valence-corrected chi connectivity index (χ0v) is 14.5. The lowest BCUT2D eigenvalue weighted by Gasteiger charge is -2.17. The number of benzene rings is 2. The first-order valence-electron chi connectivity index (χ1n) is 7.88. The fourth-order valence-corrected chi connectivity index (χ4v) is 3.70. The van der Waals surface area contributed by atoms with Crippen LogP contribution in [0.5, 0.6) is 11.5 Å². The van der Waals surface area contributed by atoms with E-state index in [0.29, 0.717) is 11.4 Å². The molecule has 2 aromatic rings. The first kappa shape index (κ1) is 17.4. The van der Waals surface area contributed by atoms with Crippen LogP contribution in [0.15, 0.2) is 48.5 Å². The molecule has 1 atom stereocenters. The van der Waals surface area contributed by atoms with Crippen molar-refractivity contribution in [2.75, 3.05) is 17.2 Å². The molecule has 1 amide bonds. The van der Waals surface area contributed by atoms with Gasteiger partial charge in [0, 0.05) is 24.6 Å². The van der Waals surface area contributed by atoms with Crippen molar-refractivity contribution in [1.82, 2.24) is 0 Å². The smallest absolute Gasteiger partial charge is 0.302 e. The lowest BCUT2D eigenvalue weighted by Crippen LogP contribution is -2.25. The number of nitrogens with zero attached hydrogens (tertiary/aromatic N) is 1. The highest BCUT2D eigenvalue weighted by Gasteiger charge is 2.33. The average molecular weight is 363 g/mol. The molecule has 1 unspecified atom stereocenters. The van der Waals surface area contributed by atoms with E-state index in [-0.39, 0.29) is 18.9 Å². The molecule has 0 spiro atoms. The second-order valence-corrected chi connectivity index (χ2v) is 7.55. The van der Waals surface area contributed by atoms with E-state index in [0.717, 1.165) is 11.3 Å². The summed E-state index contributed by atoms with van der Waals surface area (Å²) in [6, 6.07) is 14.6. The number of carbonyl (C=O) groups is 1. The number of hydrogen-bond donors (Lipinski definition) is 0. The van der Waals surface area contributed by atoms with E-state index in [9.17, 15) is 17.1 Å². The van der Waals surface area contributed by atoms with Crippen LogP contribution in [0, 0.1) is 12.8 Å². The second-order valence-electron chi connectivity index (χ2n) is 6.14. The van der Waals surface area contributed by atoms with Gasteiger partial charge < -0.3 is 9.64 Å². The number of amides is 1. The van der Waals surface area contributed by atoms with E-state index < -0.39 is 21.9 Å². The molecule has 1 aliphatic rings. The highest BCUT2D eigenvalue weighted by Crippen LogP contribution is 2.30. The third-order valence-corrected chi connectivity index (χ3v) is 4.98. The summed E-state index contributed by atoms with van der Waals surface area (Å²) >= 11 is 0. The number of ether oxygens (including phenoxy) is 1. The summed E-state index contributed by atoms with van der Waals surface area (Å²) in [6.45, 7) is 2.14. The number of anilines is 1. The fourth-order valence-electron chi connectivity index (χ4n) is 2.92. The maximum atomic E-state index is 12.8. The summed E-state index contributed by atoms with van der Waals surface area (Å²) < 4.78 is 40.2. The van der Waals surface area contributed by atoms with E-state index in [1.54, 1.807) is 24.3 Å². The van der Waals surface area contributed by atoms with Crippen LogP contribution in [-0.4, -0.2) is 26.6 Å². The third kappa shape index (κ3) is 4.36. The molecule has 0 bridgehead atoms. The lowest BCUT2D eigenvalue weighted by molar-refractivity contribution is -0.117. The van der Waals surface area contributed by atoms with E-state index in [2.05, 4.69) is 0 Å². The molecular weight excluding hydrogens is 345 g/mol. The van der Waals surface area contributed by atoms with Gasteiger partial charge in [-0.1, -0.05) is 18.2 Å². The van der Waals surface area contributed by atoms with Gasteiger partial charge in [-0.2, -0.15) is 8.42 Å². The fraction of sp³-hybridized carbons (Fsp3) is 0.278. The molecule has 5 nitrogen and oxygen atoms in total. The Morgan fingerprint density at radius 2 is 1.84 bits per heavy atom. The SMILES string of the molecule is Cc1ccccc1Oc1ccc(N2CC(CS(=O)(=O)F)CC2=O)cc1. The molecule has 25 heavy (non-hydrogen) atoms. The number of aryl methyl sites for hydroxylation is 1. The van der Waals surface area contributed by atoms with Crippen LogP contribution in [-0.2, 0) is 15.0 Å². The maximum absolute atomic E-state index is 12.8. The van der Waals surface area contributed by atoms with Crippen molar-refractivity contribution < 1.29 is 21.8 Å². The number of halogens is 1. The van der Waals surface area contributed by atoms with Gasteiger partial charge >= 0.3 is 10.2 Å². The third-order valence-electron chi connectivity index (χ3n) is 4.11. The molecule has 0 N–H and O–H groups in total. The zero-order chi connectivity index (χ0) is 18.0. The molecular formula is C18H18FNO4S. The lowest BCUT2D eigenvalue weighted by atomic mass is 10.1. The van der Waals surface area contributed by atoms with Crippen molar-refractivity contribution in [2.24, 2.45) is 5.92 Å². The molecule has 1 saturated heterocycles. The van der Waals surface area contributed by atoms with Crippen LogP contribution in [0.2, 0.25) is 0 Å². The van der Waals surface area contributed by atoms with Crippen molar-refractivity contribution in [3.8, 4) is 11.5 Å². The molecule has 1 aliphatic heterocycles. The minimum Gasteiger partial charge on any atom is -0.457 e. The van der Waals surface area contributed by atoms with Crippen LogP contribution >= 0.6 is 0 Å². The van der Waals surface area contributed by atoms with Crippen molar-refractivity contribution in [2.45, 2.75) is 13.3 Å².